The highest BCUT2D eigenvalue weighted by atomic mass is 16.6. The summed E-state index contributed by atoms with van der Waals surface area (Å²) in [6.07, 6.45) is 25.9. The molecule has 0 rings (SSSR count). The Morgan fingerprint density at radius 2 is 0.925 bits per heavy atom. The predicted octanol–water partition coefficient (Wildman–Crippen LogP) is 8.81. The SMILES string of the molecule is CCCCCCCCCCCCCCCC(=O)OC(=O)[C@H](CCC(=O)O)NC(=O)CCCCCCCCCCC. The Morgan fingerprint density at radius 1 is 0.550 bits per heavy atom. The van der Waals surface area contributed by atoms with Gasteiger partial charge in [-0.25, -0.2) is 4.79 Å². The molecule has 0 aromatic carbocycles. The fraction of sp³-hybridized carbons (Fsp3) is 0.879. The Morgan fingerprint density at radius 3 is 1.32 bits per heavy atom. The van der Waals surface area contributed by atoms with Crippen LogP contribution in [0.25, 0.3) is 0 Å². The first-order chi connectivity index (χ1) is 19.4. The lowest BCUT2D eigenvalue weighted by Crippen LogP contribution is -2.42. The molecule has 1 amide bonds. The standard InChI is InChI=1S/C33H61NO6/c1-3-5-7-9-11-13-14-15-16-18-20-22-24-26-32(38)40-33(39)29(27-28-31(36)37)34-30(35)25-23-21-19-17-12-10-8-6-4-2/h29H,3-28H2,1-2H3,(H,34,35)(H,36,37)/t29-/m0/s1. The molecule has 0 fully saturated rings. The van der Waals surface area contributed by atoms with E-state index in [-0.39, 0.29) is 31.6 Å². The van der Waals surface area contributed by atoms with Gasteiger partial charge in [-0.1, -0.05) is 142 Å². The van der Waals surface area contributed by atoms with Crippen molar-refractivity contribution in [1.29, 1.82) is 0 Å². The summed E-state index contributed by atoms with van der Waals surface area (Å²) in [7, 11) is 0. The third-order valence-corrected chi connectivity index (χ3v) is 7.47. The van der Waals surface area contributed by atoms with Crippen LogP contribution in [0, 0.1) is 0 Å². The van der Waals surface area contributed by atoms with Crippen LogP contribution in [0.2, 0.25) is 0 Å². The van der Waals surface area contributed by atoms with E-state index >= 15 is 0 Å². The van der Waals surface area contributed by atoms with Gasteiger partial charge in [0, 0.05) is 19.3 Å². The van der Waals surface area contributed by atoms with E-state index in [2.05, 4.69) is 19.2 Å². The van der Waals surface area contributed by atoms with Crippen molar-refractivity contribution in [1.82, 2.24) is 5.32 Å². The summed E-state index contributed by atoms with van der Waals surface area (Å²) < 4.78 is 4.97. The van der Waals surface area contributed by atoms with E-state index in [9.17, 15) is 19.2 Å². The monoisotopic (exact) mass is 567 g/mol. The number of hydrogen-bond donors (Lipinski definition) is 2. The molecule has 0 radical (unpaired) electrons. The number of rotatable bonds is 29. The second kappa shape index (κ2) is 28.6. The van der Waals surface area contributed by atoms with Gasteiger partial charge in [-0.2, -0.15) is 0 Å². The van der Waals surface area contributed by atoms with Crippen molar-refractivity contribution in [3.63, 3.8) is 0 Å². The Labute approximate surface area is 245 Å². The first-order valence-corrected chi connectivity index (χ1v) is 16.7. The molecule has 2 N–H and O–H groups in total. The predicted molar refractivity (Wildman–Crippen MR) is 162 cm³/mol. The number of carbonyl (C=O) groups is 4. The van der Waals surface area contributed by atoms with Crippen molar-refractivity contribution < 1.29 is 29.0 Å². The molecule has 0 aliphatic rings. The minimum atomic E-state index is -1.11. The molecular weight excluding hydrogens is 506 g/mol. The number of amides is 1. The summed E-state index contributed by atoms with van der Waals surface area (Å²) in [5.74, 6) is -2.84. The van der Waals surface area contributed by atoms with Crippen LogP contribution in [0.15, 0.2) is 0 Å². The molecule has 0 saturated heterocycles. The summed E-state index contributed by atoms with van der Waals surface area (Å²) in [6.45, 7) is 4.44. The maximum Gasteiger partial charge on any atom is 0.336 e. The number of esters is 2. The van der Waals surface area contributed by atoms with Crippen LogP contribution in [0.4, 0.5) is 0 Å². The molecule has 0 aliphatic heterocycles. The first-order valence-electron chi connectivity index (χ1n) is 16.7. The van der Waals surface area contributed by atoms with Crippen molar-refractivity contribution in [3.8, 4) is 0 Å². The van der Waals surface area contributed by atoms with Crippen LogP contribution in [0.5, 0.6) is 0 Å². The lowest BCUT2D eigenvalue weighted by atomic mass is 10.0. The van der Waals surface area contributed by atoms with Crippen molar-refractivity contribution in [3.05, 3.63) is 0 Å². The van der Waals surface area contributed by atoms with E-state index in [1.54, 1.807) is 0 Å². The van der Waals surface area contributed by atoms with E-state index in [0.29, 0.717) is 6.42 Å². The quantitative estimate of drug-likeness (QED) is 0.0531. The molecule has 0 spiro atoms. The summed E-state index contributed by atoms with van der Waals surface area (Å²) in [4.78, 5) is 48.0. The third-order valence-electron chi connectivity index (χ3n) is 7.47. The van der Waals surface area contributed by atoms with Gasteiger partial charge in [0.05, 0.1) is 0 Å². The van der Waals surface area contributed by atoms with Crippen molar-refractivity contribution in [2.24, 2.45) is 0 Å². The highest BCUT2D eigenvalue weighted by molar-refractivity contribution is 5.91. The fourth-order valence-corrected chi connectivity index (χ4v) is 4.90. The number of nitrogens with one attached hydrogen (secondary N) is 1. The zero-order valence-corrected chi connectivity index (χ0v) is 26.0. The smallest absolute Gasteiger partial charge is 0.336 e. The van der Waals surface area contributed by atoms with Gasteiger partial charge >= 0.3 is 17.9 Å². The van der Waals surface area contributed by atoms with Crippen LogP contribution in [-0.4, -0.2) is 35.0 Å². The molecule has 0 aromatic rings. The van der Waals surface area contributed by atoms with E-state index in [1.165, 1.54) is 96.3 Å². The van der Waals surface area contributed by atoms with Crippen LogP contribution < -0.4 is 5.32 Å². The summed E-state index contributed by atoms with van der Waals surface area (Å²) in [5.41, 5.74) is 0. The Kier molecular flexibility index (Phi) is 27.2. The number of carboxylic acid groups (broad SMARTS) is 1. The van der Waals surface area contributed by atoms with Gasteiger partial charge in [0.25, 0.3) is 0 Å². The first kappa shape index (κ1) is 38.1. The van der Waals surface area contributed by atoms with Crippen LogP contribution in [-0.2, 0) is 23.9 Å². The van der Waals surface area contributed by atoms with Gasteiger partial charge in [0.2, 0.25) is 5.91 Å². The van der Waals surface area contributed by atoms with Gasteiger partial charge in [-0.15, -0.1) is 0 Å². The van der Waals surface area contributed by atoms with Gasteiger partial charge in [0.15, 0.2) is 0 Å². The Hall–Kier alpha value is -1.92. The number of unbranched alkanes of at least 4 members (excludes halogenated alkanes) is 20. The van der Waals surface area contributed by atoms with Gasteiger partial charge in [-0.05, 0) is 19.3 Å². The number of hydrogen-bond acceptors (Lipinski definition) is 5. The minimum Gasteiger partial charge on any atom is -0.481 e. The fourth-order valence-electron chi connectivity index (χ4n) is 4.90. The number of aliphatic carboxylic acids is 1. The van der Waals surface area contributed by atoms with E-state index in [0.717, 1.165) is 38.5 Å². The highest BCUT2D eigenvalue weighted by Crippen LogP contribution is 2.14. The number of carbonyl (C=O) groups excluding carboxylic acids is 3. The second-order valence-corrected chi connectivity index (χ2v) is 11.4. The molecule has 234 valence electrons. The van der Waals surface area contributed by atoms with Crippen molar-refractivity contribution in [2.75, 3.05) is 0 Å². The molecule has 0 bridgehead atoms. The lowest BCUT2D eigenvalue weighted by Gasteiger charge is -2.16. The maximum atomic E-state index is 12.5. The number of ether oxygens (including phenoxy) is 1. The van der Waals surface area contributed by atoms with Crippen LogP contribution >= 0.6 is 0 Å². The average molecular weight is 568 g/mol. The molecule has 7 nitrogen and oxygen atoms in total. The average Bonchev–Trinajstić information content (AvgIpc) is 2.92. The van der Waals surface area contributed by atoms with Gasteiger partial charge in [0.1, 0.15) is 6.04 Å². The molecule has 0 aliphatic carbocycles. The zero-order valence-electron chi connectivity index (χ0n) is 26.0. The topological polar surface area (TPSA) is 110 Å². The van der Waals surface area contributed by atoms with Crippen molar-refractivity contribution in [2.45, 2.75) is 187 Å². The zero-order chi connectivity index (χ0) is 29.7. The molecule has 7 heteroatoms. The normalized spacial score (nSPS) is 11.8. The second-order valence-electron chi connectivity index (χ2n) is 11.4. The summed E-state index contributed by atoms with van der Waals surface area (Å²) in [6, 6.07) is -1.11. The van der Waals surface area contributed by atoms with E-state index in [4.69, 9.17) is 9.84 Å². The molecule has 0 saturated carbocycles. The summed E-state index contributed by atoms with van der Waals surface area (Å²) in [5, 5.41) is 11.6. The van der Waals surface area contributed by atoms with Crippen LogP contribution in [0.1, 0.15) is 181 Å². The Bertz CT molecular complexity index is 651. The van der Waals surface area contributed by atoms with E-state index in [1.807, 2.05) is 0 Å². The van der Waals surface area contributed by atoms with Gasteiger partial charge in [-0.3, -0.25) is 14.4 Å². The van der Waals surface area contributed by atoms with E-state index < -0.39 is 23.9 Å². The Balaban J connectivity index is 4.04. The highest BCUT2D eigenvalue weighted by Gasteiger charge is 2.25. The summed E-state index contributed by atoms with van der Waals surface area (Å²) >= 11 is 0. The maximum absolute atomic E-state index is 12.5. The van der Waals surface area contributed by atoms with Gasteiger partial charge < -0.3 is 15.2 Å². The third kappa shape index (κ3) is 26.3. The molecule has 0 heterocycles. The molecular formula is C33H61NO6. The molecule has 40 heavy (non-hydrogen) atoms. The minimum absolute atomic E-state index is 0.0936. The van der Waals surface area contributed by atoms with Crippen molar-refractivity contribution >= 4 is 23.8 Å². The number of carboxylic acids is 1. The lowest BCUT2D eigenvalue weighted by molar-refractivity contribution is -0.162. The molecule has 0 unspecified atom stereocenters. The molecule has 0 aromatic heterocycles. The largest absolute Gasteiger partial charge is 0.481 e. The van der Waals surface area contributed by atoms with Crippen LogP contribution in [0.3, 0.4) is 0 Å². The molecule has 1 atom stereocenters.